The molecule has 1 aliphatic rings. The van der Waals surface area contributed by atoms with Gasteiger partial charge in [-0.3, -0.25) is 4.79 Å². The van der Waals surface area contributed by atoms with Crippen LogP contribution in [0, 0.1) is 17.3 Å². The van der Waals surface area contributed by atoms with Crippen LogP contribution in [0.25, 0.3) is 0 Å². The fourth-order valence-electron chi connectivity index (χ4n) is 2.25. The average molecular weight is 245 g/mol. The zero-order valence-corrected chi connectivity index (χ0v) is 11.3. The van der Waals surface area contributed by atoms with Crippen LogP contribution in [0.4, 0.5) is 0 Å². The van der Waals surface area contributed by atoms with Gasteiger partial charge in [0.25, 0.3) is 0 Å². The Hall–Kier alpha value is -0.500. The third kappa shape index (κ3) is 3.24. The van der Waals surface area contributed by atoms with E-state index in [9.17, 15) is 4.79 Å². The van der Waals surface area contributed by atoms with E-state index in [1.165, 1.54) is 5.57 Å². The second kappa shape index (κ2) is 5.22. The molecule has 3 heteroatoms. The molecule has 0 saturated heterocycles. The van der Waals surface area contributed by atoms with Gasteiger partial charge in [0, 0.05) is 5.88 Å². The van der Waals surface area contributed by atoms with Gasteiger partial charge in [-0.05, 0) is 30.3 Å². The van der Waals surface area contributed by atoms with E-state index in [1.54, 1.807) is 0 Å². The molecular formula is C13H21ClO2. The van der Waals surface area contributed by atoms with E-state index >= 15 is 0 Å². The number of ether oxygens (including phenoxy) is 1. The second-order valence-electron chi connectivity index (χ2n) is 5.20. The van der Waals surface area contributed by atoms with E-state index in [0.717, 1.165) is 6.42 Å². The molecule has 0 radical (unpaired) electrons. The SMILES string of the molecule is CCOC(=O)[C@@H]1C=C1C(C)(C)CC(C)CCl. The minimum Gasteiger partial charge on any atom is -0.465 e. The summed E-state index contributed by atoms with van der Waals surface area (Å²) in [7, 11) is 0. The van der Waals surface area contributed by atoms with Crippen LogP contribution in [0.2, 0.25) is 0 Å². The Balaban J connectivity index is 2.48. The van der Waals surface area contributed by atoms with E-state index in [2.05, 4.69) is 20.8 Å². The van der Waals surface area contributed by atoms with Crippen molar-refractivity contribution in [3.05, 3.63) is 11.6 Å². The van der Waals surface area contributed by atoms with Crippen LogP contribution in [-0.4, -0.2) is 18.5 Å². The van der Waals surface area contributed by atoms with Crippen LogP contribution in [0.1, 0.15) is 34.1 Å². The lowest BCUT2D eigenvalue weighted by Gasteiger charge is -2.26. The van der Waals surface area contributed by atoms with Gasteiger partial charge in [0.2, 0.25) is 0 Å². The lowest BCUT2D eigenvalue weighted by molar-refractivity contribution is -0.144. The van der Waals surface area contributed by atoms with Crippen LogP contribution < -0.4 is 0 Å². The molecule has 2 nitrogen and oxygen atoms in total. The van der Waals surface area contributed by atoms with Crippen LogP contribution in [0.5, 0.6) is 0 Å². The van der Waals surface area contributed by atoms with Crippen molar-refractivity contribution in [1.29, 1.82) is 0 Å². The topological polar surface area (TPSA) is 26.3 Å². The van der Waals surface area contributed by atoms with Gasteiger partial charge in [-0.1, -0.05) is 26.8 Å². The molecule has 0 aromatic carbocycles. The van der Waals surface area contributed by atoms with E-state index in [4.69, 9.17) is 16.3 Å². The summed E-state index contributed by atoms with van der Waals surface area (Å²) in [4.78, 5) is 11.5. The maximum Gasteiger partial charge on any atom is 0.316 e. The number of rotatable bonds is 6. The van der Waals surface area contributed by atoms with Crippen molar-refractivity contribution >= 4 is 17.6 Å². The number of alkyl halides is 1. The zero-order chi connectivity index (χ0) is 12.3. The molecule has 0 amide bonds. The highest BCUT2D eigenvalue weighted by Gasteiger charge is 2.42. The van der Waals surface area contributed by atoms with Crippen molar-refractivity contribution in [2.75, 3.05) is 12.5 Å². The summed E-state index contributed by atoms with van der Waals surface area (Å²) in [5.74, 6) is 0.962. The normalized spacial score (nSPS) is 21.3. The molecular weight excluding hydrogens is 224 g/mol. The highest BCUT2D eigenvalue weighted by molar-refractivity contribution is 6.18. The van der Waals surface area contributed by atoms with Crippen molar-refractivity contribution in [2.45, 2.75) is 34.1 Å². The molecule has 0 N–H and O–H groups in total. The third-order valence-electron chi connectivity index (χ3n) is 3.02. The largest absolute Gasteiger partial charge is 0.465 e. The first-order valence-electron chi connectivity index (χ1n) is 5.87. The molecule has 0 bridgehead atoms. The Labute approximate surface area is 103 Å². The Morgan fingerprint density at radius 2 is 2.25 bits per heavy atom. The van der Waals surface area contributed by atoms with Crippen molar-refractivity contribution in [1.82, 2.24) is 0 Å². The van der Waals surface area contributed by atoms with Crippen LogP contribution in [0.3, 0.4) is 0 Å². The standard InChI is InChI=1S/C13H21ClO2/c1-5-16-12(15)10-6-11(10)13(3,4)7-9(2)8-14/h6,9-10H,5,7-8H2,1-4H3/t9?,10-/m1/s1. The quantitative estimate of drug-likeness (QED) is 0.407. The molecule has 0 aromatic rings. The third-order valence-corrected chi connectivity index (χ3v) is 3.54. The average Bonchev–Trinajstić information content (AvgIpc) is 2.97. The van der Waals surface area contributed by atoms with E-state index in [0.29, 0.717) is 18.4 Å². The maximum absolute atomic E-state index is 11.5. The van der Waals surface area contributed by atoms with E-state index in [-0.39, 0.29) is 17.3 Å². The monoisotopic (exact) mass is 244 g/mol. The summed E-state index contributed by atoms with van der Waals surface area (Å²) >= 11 is 5.82. The number of esters is 1. The summed E-state index contributed by atoms with van der Waals surface area (Å²) in [5, 5.41) is 0. The molecule has 92 valence electrons. The van der Waals surface area contributed by atoms with Gasteiger partial charge in [0.05, 0.1) is 12.5 Å². The molecule has 1 unspecified atom stereocenters. The van der Waals surface area contributed by atoms with Gasteiger partial charge in [-0.25, -0.2) is 0 Å². The van der Waals surface area contributed by atoms with Gasteiger partial charge in [-0.2, -0.15) is 0 Å². The molecule has 1 rings (SSSR count). The summed E-state index contributed by atoms with van der Waals surface area (Å²) in [5.41, 5.74) is 1.27. The van der Waals surface area contributed by atoms with Crippen LogP contribution in [0.15, 0.2) is 11.6 Å². The molecule has 0 heterocycles. The van der Waals surface area contributed by atoms with Crippen molar-refractivity contribution in [3.63, 3.8) is 0 Å². The maximum atomic E-state index is 11.5. The number of hydrogen-bond acceptors (Lipinski definition) is 2. The predicted molar refractivity (Wildman–Crippen MR) is 66.5 cm³/mol. The molecule has 0 spiro atoms. The highest BCUT2D eigenvalue weighted by Crippen LogP contribution is 2.47. The van der Waals surface area contributed by atoms with Gasteiger partial charge in [0.1, 0.15) is 0 Å². The Bertz CT molecular complexity index is 294. The number of carbonyl (C=O) groups excluding carboxylic acids is 1. The first-order chi connectivity index (χ1) is 7.42. The first kappa shape index (κ1) is 13.6. The second-order valence-corrected chi connectivity index (χ2v) is 5.51. The molecule has 0 aliphatic heterocycles. The predicted octanol–water partition coefficient (Wildman–Crippen LogP) is 3.40. The zero-order valence-electron chi connectivity index (χ0n) is 10.5. The molecule has 16 heavy (non-hydrogen) atoms. The van der Waals surface area contributed by atoms with Crippen molar-refractivity contribution in [3.8, 4) is 0 Å². The molecule has 1 aliphatic carbocycles. The smallest absolute Gasteiger partial charge is 0.316 e. The van der Waals surface area contributed by atoms with Gasteiger partial charge < -0.3 is 4.74 Å². The van der Waals surface area contributed by atoms with E-state index < -0.39 is 0 Å². The summed E-state index contributed by atoms with van der Waals surface area (Å²) in [6.45, 7) is 8.76. The Morgan fingerprint density at radius 3 is 2.75 bits per heavy atom. The first-order valence-corrected chi connectivity index (χ1v) is 6.40. The molecule has 0 fully saturated rings. The minimum atomic E-state index is -0.107. The minimum absolute atomic E-state index is 0.0612. The molecule has 2 atom stereocenters. The van der Waals surface area contributed by atoms with Gasteiger partial charge in [0.15, 0.2) is 0 Å². The van der Waals surface area contributed by atoms with Crippen molar-refractivity contribution in [2.24, 2.45) is 17.3 Å². The number of carbonyl (C=O) groups is 1. The number of hydrogen-bond donors (Lipinski definition) is 0. The summed E-state index contributed by atoms with van der Waals surface area (Å²) < 4.78 is 5.01. The fraction of sp³-hybridized carbons (Fsp3) is 0.769. The Morgan fingerprint density at radius 1 is 1.62 bits per heavy atom. The van der Waals surface area contributed by atoms with Crippen LogP contribution >= 0.6 is 11.6 Å². The van der Waals surface area contributed by atoms with E-state index in [1.807, 2.05) is 13.0 Å². The summed E-state index contributed by atoms with van der Waals surface area (Å²) in [6, 6.07) is 0. The molecule has 0 aromatic heterocycles. The highest BCUT2D eigenvalue weighted by atomic mass is 35.5. The van der Waals surface area contributed by atoms with Gasteiger partial charge >= 0.3 is 5.97 Å². The Kier molecular flexibility index (Phi) is 4.43. The lowest BCUT2D eigenvalue weighted by Crippen LogP contribution is -2.19. The lowest BCUT2D eigenvalue weighted by atomic mass is 9.80. The van der Waals surface area contributed by atoms with Gasteiger partial charge in [-0.15, -0.1) is 11.6 Å². The fourth-order valence-corrected chi connectivity index (χ4v) is 2.36. The summed E-state index contributed by atoms with van der Waals surface area (Å²) in [6.07, 6.45) is 3.02. The number of halogens is 1. The van der Waals surface area contributed by atoms with Crippen molar-refractivity contribution < 1.29 is 9.53 Å². The molecule has 0 saturated carbocycles. The van der Waals surface area contributed by atoms with Crippen LogP contribution in [-0.2, 0) is 9.53 Å².